The number of anilines is 3. The summed E-state index contributed by atoms with van der Waals surface area (Å²) >= 11 is 0. The lowest BCUT2D eigenvalue weighted by atomic mass is 9.67. The van der Waals surface area contributed by atoms with Gasteiger partial charge < -0.3 is 9.32 Å². The molecular weight excluding hydrogens is 715 g/mol. The zero-order chi connectivity index (χ0) is 39.1. The van der Waals surface area contributed by atoms with Crippen LogP contribution >= 0.6 is 0 Å². The third kappa shape index (κ3) is 4.69. The zero-order valence-corrected chi connectivity index (χ0v) is 32.6. The number of benzene rings is 9. The largest absolute Gasteiger partial charge is 0.456 e. The Morgan fingerprint density at radius 3 is 1.56 bits per heavy atom. The first-order chi connectivity index (χ1) is 29.2. The van der Waals surface area contributed by atoms with Gasteiger partial charge in [0.15, 0.2) is 0 Å². The van der Waals surface area contributed by atoms with Gasteiger partial charge in [-0.05, 0) is 111 Å². The molecule has 59 heavy (non-hydrogen) atoms. The Kier molecular flexibility index (Phi) is 7.31. The van der Waals surface area contributed by atoms with E-state index in [0.29, 0.717) is 0 Å². The summed E-state index contributed by atoms with van der Waals surface area (Å²) in [5, 5.41) is 2.19. The van der Waals surface area contributed by atoms with E-state index in [1.165, 1.54) is 61.2 Å². The maximum absolute atomic E-state index is 6.87. The van der Waals surface area contributed by atoms with Crippen molar-refractivity contribution in [1.82, 2.24) is 0 Å². The number of nitrogens with zero attached hydrogens (tertiary/aromatic N) is 1. The molecular formula is C57H39NO. The van der Waals surface area contributed by atoms with Gasteiger partial charge in [0, 0.05) is 22.2 Å². The first-order valence-corrected chi connectivity index (χ1v) is 20.5. The topological polar surface area (TPSA) is 16.4 Å². The molecule has 0 N–H and O–H groups in total. The molecule has 2 heteroatoms. The van der Waals surface area contributed by atoms with Crippen LogP contribution in [0.4, 0.5) is 17.1 Å². The Bertz CT molecular complexity index is 3150. The van der Waals surface area contributed by atoms with E-state index in [-0.39, 0.29) is 5.41 Å². The smallest absolute Gasteiger partial charge is 0.137 e. The lowest BCUT2D eigenvalue weighted by molar-refractivity contribution is 0.662. The Morgan fingerprint density at radius 1 is 0.373 bits per heavy atom. The second-order valence-electron chi connectivity index (χ2n) is 16.1. The molecule has 0 saturated heterocycles. The van der Waals surface area contributed by atoms with Gasteiger partial charge in [0.1, 0.15) is 11.2 Å². The van der Waals surface area contributed by atoms with E-state index in [9.17, 15) is 0 Å². The van der Waals surface area contributed by atoms with E-state index in [0.717, 1.165) is 39.0 Å². The summed E-state index contributed by atoms with van der Waals surface area (Å²) in [6.07, 6.45) is 0. The van der Waals surface area contributed by atoms with Crippen LogP contribution in [0.5, 0.6) is 0 Å². The van der Waals surface area contributed by atoms with Crippen LogP contribution in [0, 0.1) is 0 Å². The van der Waals surface area contributed by atoms with Crippen LogP contribution < -0.4 is 4.90 Å². The minimum Gasteiger partial charge on any atom is -0.456 e. The molecule has 0 atom stereocenters. The van der Waals surface area contributed by atoms with Gasteiger partial charge in [-0.15, -0.1) is 0 Å². The highest BCUT2D eigenvalue weighted by Gasteiger charge is 2.46. The van der Waals surface area contributed by atoms with Gasteiger partial charge in [0.2, 0.25) is 0 Å². The van der Waals surface area contributed by atoms with Crippen molar-refractivity contribution in [3.8, 4) is 22.3 Å². The minimum atomic E-state index is -0.509. The highest BCUT2D eigenvalue weighted by atomic mass is 16.3. The van der Waals surface area contributed by atoms with Crippen molar-refractivity contribution < 1.29 is 4.42 Å². The zero-order valence-electron chi connectivity index (χ0n) is 32.6. The van der Waals surface area contributed by atoms with Crippen molar-refractivity contribution in [2.45, 2.75) is 17.8 Å². The minimum absolute atomic E-state index is 0.314. The van der Waals surface area contributed by atoms with E-state index < -0.39 is 5.41 Å². The maximum atomic E-state index is 6.87. The van der Waals surface area contributed by atoms with E-state index in [4.69, 9.17) is 4.42 Å². The summed E-state index contributed by atoms with van der Waals surface area (Å²) in [7, 11) is 0. The van der Waals surface area contributed by atoms with Crippen molar-refractivity contribution >= 4 is 39.0 Å². The predicted octanol–water partition coefficient (Wildman–Crippen LogP) is 14.8. The molecule has 2 aliphatic carbocycles. The molecule has 0 radical (unpaired) electrons. The van der Waals surface area contributed by atoms with Crippen LogP contribution in [-0.2, 0) is 10.8 Å². The van der Waals surface area contributed by atoms with E-state index in [2.05, 4.69) is 230 Å². The van der Waals surface area contributed by atoms with Crippen LogP contribution in [0.3, 0.4) is 0 Å². The fraction of sp³-hybridized carbons (Fsp3) is 0.0526. The fourth-order valence-corrected chi connectivity index (χ4v) is 10.6. The molecule has 2 nitrogen and oxygen atoms in total. The van der Waals surface area contributed by atoms with E-state index in [1.807, 2.05) is 0 Å². The Labute approximate surface area is 344 Å². The Morgan fingerprint density at radius 2 is 0.915 bits per heavy atom. The number of para-hydroxylation sites is 1. The molecule has 10 aromatic rings. The second-order valence-corrected chi connectivity index (χ2v) is 16.1. The molecule has 278 valence electrons. The van der Waals surface area contributed by atoms with Crippen molar-refractivity contribution in [3.05, 3.63) is 257 Å². The molecule has 0 aliphatic heterocycles. The van der Waals surface area contributed by atoms with Gasteiger partial charge in [-0.2, -0.15) is 0 Å². The molecule has 0 amide bonds. The normalized spacial score (nSPS) is 14.1. The number of rotatable bonds is 6. The first kappa shape index (κ1) is 33.7. The molecule has 0 unspecified atom stereocenters. The molecule has 0 bridgehead atoms. The monoisotopic (exact) mass is 753 g/mol. The first-order valence-electron chi connectivity index (χ1n) is 20.5. The number of hydrogen-bond acceptors (Lipinski definition) is 2. The lowest BCUT2D eigenvalue weighted by Crippen LogP contribution is -2.28. The summed E-state index contributed by atoms with van der Waals surface area (Å²) in [5.41, 5.74) is 18.3. The third-order valence-corrected chi connectivity index (χ3v) is 13.2. The SMILES string of the molecule is CC1(c2ccc3c(c2)oc2cccc(N(c4ccccc4)c4ccc5c(c4)C(c4ccccc4)(c4ccccc4)c4ccccc4-5)c23)c2ccccc2-c2ccccc21. The molecule has 0 spiro atoms. The number of furan rings is 1. The van der Waals surface area contributed by atoms with Gasteiger partial charge in [-0.1, -0.05) is 176 Å². The quantitative estimate of drug-likeness (QED) is 0.168. The molecule has 1 heterocycles. The highest BCUT2D eigenvalue weighted by Crippen LogP contribution is 2.58. The van der Waals surface area contributed by atoms with Gasteiger partial charge >= 0.3 is 0 Å². The second kappa shape index (κ2) is 12.8. The summed E-state index contributed by atoms with van der Waals surface area (Å²) < 4.78 is 6.87. The molecule has 0 saturated carbocycles. The molecule has 0 fully saturated rings. The van der Waals surface area contributed by atoms with Crippen molar-refractivity contribution in [2.75, 3.05) is 4.90 Å². The van der Waals surface area contributed by atoms with Crippen LogP contribution in [0.2, 0.25) is 0 Å². The molecule has 2 aliphatic rings. The molecule has 9 aromatic carbocycles. The highest BCUT2D eigenvalue weighted by molar-refractivity contribution is 6.13. The fourth-order valence-electron chi connectivity index (χ4n) is 10.6. The third-order valence-electron chi connectivity index (χ3n) is 13.2. The standard InChI is InChI=1S/C57H39NO/c1-56(48-27-14-11-24-43(48)44-25-12-15-28-49(44)56)40-32-34-47-54(36-40)59-53-31-17-30-52(55(47)53)58(41-22-9-4-10-23-41)42-33-35-46-45-26-13-16-29-50(45)57(51(46)37-42,38-18-5-2-6-19-38)39-20-7-3-8-21-39/h2-37H,1H3. The van der Waals surface area contributed by atoms with Crippen LogP contribution in [0.1, 0.15) is 45.9 Å². The summed E-state index contributed by atoms with van der Waals surface area (Å²) in [5.74, 6) is 0. The number of hydrogen-bond donors (Lipinski definition) is 0. The van der Waals surface area contributed by atoms with Gasteiger partial charge in [-0.3, -0.25) is 0 Å². The van der Waals surface area contributed by atoms with Crippen LogP contribution in [0.25, 0.3) is 44.2 Å². The van der Waals surface area contributed by atoms with Gasteiger partial charge in [0.05, 0.1) is 16.5 Å². The Hall–Kier alpha value is -7.42. The van der Waals surface area contributed by atoms with Crippen molar-refractivity contribution in [3.63, 3.8) is 0 Å². The summed E-state index contributed by atoms with van der Waals surface area (Å²) in [4.78, 5) is 2.42. The Balaban J connectivity index is 1.08. The lowest BCUT2D eigenvalue weighted by Gasteiger charge is -2.35. The summed E-state index contributed by atoms with van der Waals surface area (Å²) in [6, 6.07) is 79.9. The average Bonchev–Trinajstić information content (AvgIpc) is 3.92. The number of fused-ring (bicyclic) bond motifs is 9. The van der Waals surface area contributed by atoms with E-state index >= 15 is 0 Å². The van der Waals surface area contributed by atoms with Crippen LogP contribution in [0.15, 0.2) is 223 Å². The maximum Gasteiger partial charge on any atom is 0.137 e. The summed E-state index contributed by atoms with van der Waals surface area (Å²) in [6.45, 7) is 2.36. The van der Waals surface area contributed by atoms with Gasteiger partial charge in [0.25, 0.3) is 0 Å². The van der Waals surface area contributed by atoms with Crippen LogP contribution in [-0.4, -0.2) is 0 Å². The van der Waals surface area contributed by atoms with Crippen molar-refractivity contribution in [2.24, 2.45) is 0 Å². The molecule has 12 rings (SSSR count). The predicted molar refractivity (Wildman–Crippen MR) is 243 cm³/mol. The average molecular weight is 754 g/mol. The van der Waals surface area contributed by atoms with Gasteiger partial charge in [-0.25, -0.2) is 0 Å². The van der Waals surface area contributed by atoms with E-state index in [1.54, 1.807) is 0 Å². The van der Waals surface area contributed by atoms with Crippen molar-refractivity contribution in [1.29, 1.82) is 0 Å². The molecule has 1 aromatic heterocycles.